The maximum atomic E-state index is 9.74. The van der Waals surface area contributed by atoms with Gasteiger partial charge in [-0.05, 0) is 0 Å². The Bertz CT molecular complexity index is 478. The quantitative estimate of drug-likeness (QED) is 0.449. The van der Waals surface area contributed by atoms with E-state index in [0.29, 0.717) is 30.5 Å². The van der Waals surface area contributed by atoms with Crippen molar-refractivity contribution >= 4 is 20.7 Å². The van der Waals surface area contributed by atoms with Crippen LogP contribution in [0.5, 0.6) is 0 Å². The van der Waals surface area contributed by atoms with Crippen LogP contribution in [0, 0.1) is 16.7 Å². The van der Waals surface area contributed by atoms with Gasteiger partial charge < -0.3 is 0 Å². The summed E-state index contributed by atoms with van der Waals surface area (Å²) in [6.07, 6.45) is 7.56. The van der Waals surface area contributed by atoms with Crippen molar-refractivity contribution in [3.8, 4) is 0 Å². The molecule has 0 aromatic carbocycles. The van der Waals surface area contributed by atoms with Crippen molar-refractivity contribution in [3.63, 3.8) is 0 Å². The predicted molar refractivity (Wildman–Crippen MR) is 91.0 cm³/mol. The van der Waals surface area contributed by atoms with Gasteiger partial charge in [0.05, 0.1) is 0 Å². The van der Waals surface area contributed by atoms with Crippen LogP contribution in [-0.2, 0) is 4.74 Å². The van der Waals surface area contributed by atoms with E-state index in [1.165, 1.54) is 38.5 Å². The van der Waals surface area contributed by atoms with Crippen LogP contribution in [-0.4, -0.2) is 38.6 Å². The van der Waals surface area contributed by atoms with E-state index in [1.54, 1.807) is 0 Å². The molecule has 0 radical (unpaired) electrons. The van der Waals surface area contributed by atoms with Crippen molar-refractivity contribution in [3.05, 3.63) is 0 Å². The molecule has 3 saturated carbocycles. The van der Waals surface area contributed by atoms with Crippen molar-refractivity contribution < 1.29 is 9.94 Å². The van der Waals surface area contributed by atoms with Crippen LogP contribution in [0.4, 0.5) is 0 Å². The number of ether oxygens (including phenoxy) is 1. The predicted octanol–water partition coefficient (Wildman–Crippen LogP) is 4.53. The summed E-state index contributed by atoms with van der Waals surface area (Å²) in [7, 11) is 1.88. The van der Waals surface area contributed by atoms with Crippen molar-refractivity contribution in [2.75, 3.05) is 7.11 Å². The van der Waals surface area contributed by atoms with Crippen LogP contribution < -0.4 is 0 Å². The van der Waals surface area contributed by atoms with Crippen LogP contribution in [0.25, 0.3) is 0 Å². The van der Waals surface area contributed by atoms with E-state index in [4.69, 9.17) is 4.74 Å². The summed E-state index contributed by atoms with van der Waals surface area (Å²) in [6.45, 7) is 9.41. The molecular weight excluding hydrogens is 341 g/mol. The molecule has 0 heterocycles. The molecular formula is C18H31NO2Se. The minimum absolute atomic E-state index is 0.0334. The van der Waals surface area contributed by atoms with Gasteiger partial charge in [-0.25, -0.2) is 0 Å². The SMILES string of the molecule is COC1(C)CCCCC1[Se][C@@H]1/C(=N\O)[C@]2(C)CC[C@H]1C2(C)C. The molecule has 3 nitrogen and oxygen atoms in total. The van der Waals surface area contributed by atoms with Crippen LogP contribution in [0.15, 0.2) is 5.16 Å². The fourth-order valence-electron chi connectivity index (χ4n) is 5.25. The van der Waals surface area contributed by atoms with Crippen molar-refractivity contribution in [1.82, 2.24) is 0 Å². The molecule has 3 fully saturated rings. The topological polar surface area (TPSA) is 41.8 Å². The van der Waals surface area contributed by atoms with Gasteiger partial charge >= 0.3 is 141 Å². The zero-order valence-corrected chi connectivity index (χ0v) is 16.4. The fraction of sp³-hybridized carbons (Fsp3) is 0.944. The summed E-state index contributed by atoms with van der Waals surface area (Å²) in [5.74, 6) is 0.687. The first-order valence-electron chi connectivity index (χ1n) is 8.73. The average Bonchev–Trinajstić information content (AvgIpc) is 2.80. The van der Waals surface area contributed by atoms with Gasteiger partial charge in [-0.3, -0.25) is 0 Å². The van der Waals surface area contributed by atoms with Gasteiger partial charge in [-0.2, -0.15) is 0 Å². The molecule has 1 N–H and O–H groups in total. The normalized spacial score (nSPS) is 49.0. The molecule has 0 aromatic rings. The second-order valence-electron chi connectivity index (χ2n) is 8.49. The van der Waals surface area contributed by atoms with Crippen molar-refractivity contribution in [2.45, 2.75) is 81.5 Å². The summed E-state index contributed by atoms with van der Waals surface area (Å²) >= 11 is 0.451. The van der Waals surface area contributed by atoms with Gasteiger partial charge in [-0.1, -0.05) is 0 Å². The molecule has 3 rings (SSSR count). The zero-order chi connectivity index (χ0) is 16.2. The van der Waals surface area contributed by atoms with Gasteiger partial charge in [0.25, 0.3) is 0 Å². The Hall–Kier alpha value is -0.0505. The van der Waals surface area contributed by atoms with E-state index >= 15 is 0 Å². The number of hydrogen-bond acceptors (Lipinski definition) is 3. The number of rotatable bonds is 3. The van der Waals surface area contributed by atoms with Crippen LogP contribution in [0.2, 0.25) is 9.63 Å². The van der Waals surface area contributed by atoms with Gasteiger partial charge in [-0.15, -0.1) is 0 Å². The summed E-state index contributed by atoms with van der Waals surface area (Å²) in [6, 6.07) is 0. The van der Waals surface area contributed by atoms with Gasteiger partial charge in [0.15, 0.2) is 0 Å². The zero-order valence-electron chi connectivity index (χ0n) is 14.7. The maximum absolute atomic E-state index is 9.74. The molecule has 5 atom stereocenters. The third-order valence-corrected chi connectivity index (χ3v) is 11.5. The summed E-state index contributed by atoms with van der Waals surface area (Å²) in [5.41, 5.74) is 1.50. The molecule has 126 valence electrons. The number of nitrogens with zero attached hydrogens (tertiary/aromatic N) is 1. The number of fused-ring (bicyclic) bond motifs is 2. The first-order valence-corrected chi connectivity index (χ1v) is 10.7. The number of hydrogen-bond donors (Lipinski definition) is 1. The molecule has 2 unspecified atom stereocenters. The molecule has 3 aliphatic rings. The van der Waals surface area contributed by atoms with Crippen molar-refractivity contribution in [1.29, 1.82) is 0 Å². The molecule has 3 aliphatic carbocycles. The monoisotopic (exact) mass is 373 g/mol. The Morgan fingerprint density at radius 3 is 2.50 bits per heavy atom. The van der Waals surface area contributed by atoms with Gasteiger partial charge in [0.1, 0.15) is 0 Å². The van der Waals surface area contributed by atoms with E-state index in [-0.39, 0.29) is 16.4 Å². The Morgan fingerprint density at radius 1 is 1.14 bits per heavy atom. The molecule has 22 heavy (non-hydrogen) atoms. The van der Waals surface area contributed by atoms with E-state index in [0.717, 1.165) is 5.71 Å². The minimum atomic E-state index is 0.0334. The number of oxime groups is 1. The third-order valence-electron chi connectivity index (χ3n) is 7.46. The molecule has 2 bridgehead atoms. The molecule has 4 heteroatoms. The van der Waals surface area contributed by atoms with E-state index in [1.807, 2.05) is 7.11 Å². The first kappa shape index (κ1) is 16.8. The second-order valence-corrected chi connectivity index (χ2v) is 11.3. The van der Waals surface area contributed by atoms with Crippen LogP contribution >= 0.6 is 0 Å². The standard InChI is InChI=1S/C18H31NO2Se/c1-16(2)12-9-11-17(16,3)15(19-20)14(12)22-13-8-6-7-10-18(13,4)21-5/h12-14,20H,6-11H2,1-5H3/b19-15+/t12-,13?,14+,17+,18?/m1/s1. The van der Waals surface area contributed by atoms with E-state index in [9.17, 15) is 5.21 Å². The fourth-order valence-corrected chi connectivity index (χ4v) is 9.99. The Kier molecular flexibility index (Phi) is 4.20. The number of methoxy groups -OCH3 is 1. The van der Waals surface area contributed by atoms with Gasteiger partial charge in [0, 0.05) is 0 Å². The first-order chi connectivity index (χ1) is 10.3. The molecule has 0 aromatic heterocycles. The third kappa shape index (κ3) is 2.13. The summed E-state index contributed by atoms with van der Waals surface area (Å²) in [5, 5.41) is 13.6. The van der Waals surface area contributed by atoms with E-state index in [2.05, 4.69) is 32.9 Å². The molecule has 0 saturated heterocycles. The van der Waals surface area contributed by atoms with Gasteiger partial charge in [0.2, 0.25) is 0 Å². The molecule has 0 amide bonds. The van der Waals surface area contributed by atoms with Crippen LogP contribution in [0.1, 0.15) is 66.2 Å². The van der Waals surface area contributed by atoms with Crippen LogP contribution in [0.3, 0.4) is 0 Å². The van der Waals surface area contributed by atoms with E-state index < -0.39 is 0 Å². The van der Waals surface area contributed by atoms with Crippen molar-refractivity contribution in [2.24, 2.45) is 21.9 Å². The summed E-state index contributed by atoms with van der Waals surface area (Å²) < 4.78 is 5.94. The Morgan fingerprint density at radius 2 is 1.86 bits per heavy atom. The Labute approximate surface area is 141 Å². The summed E-state index contributed by atoms with van der Waals surface area (Å²) in [4.78, 5) is 1.16. The molecule has 0 spiro atoms. The Balaban J connectivity index is 1.86. The molecule has 0 aliphatic heterocycles. The average molecular weight is 372 g/mol. The second kappa shape index (κ2) is 5.50.